The van der Waals surface area contributed by atoms with E-state index in [9.17, 15) is 13.6 Å². The summed E-state index contributed by atoms with van der Waals surface area (Å²) in [5.74, 6) is -2.42. The van der Waals surface area contributed by atoms with E-state index >= 15 is 0 Å². The number of hydrogen-bond donors (Lipinski definition) is 2. The Morgan fingerprint density at radius 3 is 2.63 bits per heavy atom. The van der Waals surface area contributed by atoms with Crippen molar-refractivity contribution in [2.75, 3.05) is 18.9 Å². The molecule has 0 saturated heterocycles. The summed E-state index contributed by atoms with van der Waals surface area (Å²) in [6.45, 7) is 3.07. The molecule has 7 nitrogen and oxygen atoms in total. The Kier molecular flexibility index (Phi) is 6.19. The van der Waals surface area contributed by atoms with Gasteiger partial charge >= 0.3 is 0 Å². The lowest BCUT2D eigenvalue weighted by atomic mass is 9.99. The highest BCUT2D eigenvalue weighted by Gasteiger charge is 2.57. The molecule has 2 aromatic carbocycles. The van der Waals surface area contributed by atoms with Gasteiger partial charge in [0.1, 0.15) is 17.1 Å². The van der Waals surface area contributed by atoms with Crippen molar-refractivity contribution in [2.24, 2.45) is 13.0 Å². The van der Waals surface area contributed by atoms with E-state index in [1.807, 2.05) is 30.3 Å². The van der Waals surface area contributed by atoms with Crippen LogP contribution in [0.4, 0.5) is 14.6 Å². The number of nitrogens with zero attached hydrogens (tertiary/aromatic N) is 3. The number of nitrogens with one attached hydrogen (secondary N) is 1. The summed E-state index contributed by atoms with van der Waals surface area (Å²) in [5.41, 5.74) is 10.9. The van der Waals surface area contributed by atoms with Gasteiger partial charge in [-0.1, -0.05) is 30.3 Å². The van der Waals surface area contributed by atoms with Gasteiger partial charge in [0.15, 0.2) is 0 Å². The van der Waals surface area contributed by atoms with Crippen LogP contribution in [0.1, 0.15) is 39.0 Å². The number of nitrogens with two attached hydrogens (primary N) is 1. The van der Waals surface area contributed by atoms with Crippen molar-refractivity contribution in [3.63, 3.8) is 0 Å². The number of fused-ring (bicyclic) bond motifs is 1. The molecule has 1 unspecified atom stereocenters. The molecule has 1 aliphatic carbocycles. The summed E-state index contributed by atoms with van der Waals surface area (Å²) in [5, 5.41) is 6.87. The number of carbonyl (C=O) groups is 1. The molecule has 1 amide bonds. The molecule has 2 aliphatic rings. The van der Waals surface area contributed by atoms with E-state index in [0.717, 1.165) is 31.6 Å². The van der Waals surface area contributed by atoms with Crippen molar-refractivity contribution >= 4 is 11.7 Å². The molecule has 0 bridgehead atoms. The lowest BCUT2D eigenvalue weighted by Gasteiger charge is -2.29. The van der Waals surface area contributed by atoms with E-state index in [1.54, 1.807) is 7.05 Å². The minimum atomic E-state index is -2.55. The SMILES string of the molecule is Cn1ncc(C(=O)NCc2ccc(CN3CCc4cc(OCC5CC5(F)F)ccc4C3)cc2)c1N. The second-order valence-corrected chi connectivity index (χ2v) is 9.43. The maximum absolute atomic E-state index is 13.1. The highest BCUT2D eigenvalue weighted by atomic mass is 19.3. The normalized spacial score (nSPS) is 18.7. The first-order chi connectivity index (χ1) is 16.8. The predicted octanol–water partition coefficient (Wildman–Crippen LogP) is 3.52. The Bertz CT molecular complexity index is 1220. The predicted molar refractivity (Wildman–Crippen MR) is 128 cm³/mol. The van der Waals surface area contributed by atoms with Gasteiger partial charge in [0.05, 0.1) is 18.7 Å². The molecule has 1 fully saturated rings. The fraction of sp³-hybridized carbons (Fsp3) is 0.385. The van der Waals surface area contributed by atoms with Crippen molar-refractivity contribution in [1.82, 2.24) is 20.0 Å². The van der Waals surface area contributed by atoms with Crippen LogP contribution in [0.25, 0.3) is 0 Å². The average molecular weight is 482 g/mol. The Hall–Kier alpha value is -3.46. The van der Waals surface area contributed by atoms with Crippen LogP contribution in [-0.2, 0) is 33.1 Å². The fourth-order valence-electron chi connectivity index (χ4n) is 4.38. The Balaban J connectivity index is 1.11. The summed E-state index contributed by atoms with van der Waals surface area (Å²) in [6.07, 6.45) is 2.30. The second kappa shape index (κ2) is 9.30. The Morgan fingerprint density at radius 2 is 1.94 bits per heavy atom. The van der Waals surface area contributed by atoms with Gasteiger partial charge in [-0.05, 0) is 40.8 Å². The van der Waals surface area contributed by atoms with Crippen LogP contribution in [0.2, 0.25) is 0 Å². The molecule has 2 heterocycles. The molecule has 3 N–H and O–H groups in total. The number of halogens is 2. The third kappa shape index (κ3) is 5.30. The van der Waals surface area contributed by atoms with Crippen LogP contribution in [0.15, 0.2) is 48.7 Å². The molecule has 9 heteroatoms. The zero-order chi connectivity index (χ0) is 24.6. The number of amides is 1. The number of ether oxygens (including phenoxy) is 1. The average Bonchev–Trinajstić information content (AvgIpc) is 3.33. The molecule has 0 spiro atoms. The standard InChI is InChI=1S/C26H29F2N5O2/c1-32-24(29)23(13-31-32)25(34)30-12-17-2-4-18(5-3-17)14-33-9-8-19-10-22(7-6-20(19)15-33)35-16-21-11-26(21,27)28/h2-7,10,13,21H,8-9,11-12,14-16,29H2,1H3,(H,30,34). The summed E-state index contributed by atoms with van der Waals surface area (Å²) in [6, 6.07) is 14.1. The van der Waals surface area contributed by atoms with Crippen LogP contribution in [0.3, 0.4) is 0 Å². The van der Waals surface area contributed by atoms with Gasteiger partial charge in [-0.15, -0.1) is 0 Å². The summed E-state index contributed by atoms with van der Waals surface area (Å²) < 4.78 is 33.2. The van der Waals surface area contributed by atoms with Crippen molar-refractivity contribution in [3.05, 3.63) is 76.5 Å². The van der Waals surface area contributed by atoms with E-state index in [4.69, 9.17) is 10.5 Å². The van der Waals surface area contributed by atoms with Crippen molar-refractivity contribution in [1.29, 1.82) is 0 Å². The first-order valence-electron chi connectivity index (χ1n) is 11.8. The maximum atomic E-state index is 13.1. The number of benzene rings is 2. The van der Waals surface area contributed by atoms with Crippen LogP contribution < -0.4 is 15.8 Å². The zero-order valence-electron chi connectivity index (χ0n) is 19.6. The zero-order valence-corrected chi connectivity index (χ0v) is 19.6. The van der Waals surface area contributed by atoms with Gasteiger partial charge in [-0.2, -0.15) is 5.10 Å². The molecule has 1 aromatic heterocycles. The number of aromatic nitrogens is 2. The molecular formula is C26H29F2N5O2. The van der Waals surface area contributed by atoms with Gasteiger partial charge in [0, 0.05) is 39.6 Å². The second-order valence-electron chi connectivity index (χ2n) is 9.43. The molecular weight excluding hydrogens is 452 g/mol. The first-order valence-corrected chi connectivity index (χ1v) is 11.8. The molecule has 35 heavy (non-hydrogen) atoms. The number of anilines is 1. The molecule has 184 valence electrons. The first kappa shape index (κ1) is 23.3. The third-order valence-electron chi connectivity index (χ3n) is 6.79. The number of rotatable bonds is 8. The monoisotopic (exact) mass is 481 g/mol. The number of alkyl halides is 2. The molecule has 5 rings (SSSR count). The van der Waals surface area contributed by atoms with Crippen LogP contribution in [0, 0.1) is 5.92 Å². The minimum Gasteiger partial charge on any atom is -0.493 e. The summed E-state index contributed by atoms with van der Waals surface area (Å²) >= 11 is 0. The van der Waals surface area contributed by atoms with E-state index in [0.29, 0.717) is 23.7 Å². The summed E-state index contributed by atoms with van der Waals surface area (Å²) in [4.78, 5) is 14.7. The van der Waals surface area contributed by atoms with Crippen LogP contribution in [0.5, 0.6) is 5.75 Å². The van der Waals surface area contributed by atoms with Gasteiger partial charge in [0.2, 0.25) is 0 Å². The summed E-state index contributed by atoms with van der Waals surface area (Å²) in [7, 11) is 1.69. The third-order valence-corrected chi connectivity index (χ3v) is 6.79. The maximum Gasteiger partial charge on any atom is 0.256 e. The van der Waals surface area contributed by atoms with Crippen molar-refractivity contribution in [3.8, 4) is 5.75 Å². The highest BCUT2D eigenvalue weighted by Crippen LogP contribution is 2.48. The molecule has 1 saturated carbocycles. The van der Waals surface area contributed by atoms with E-state index < -0.39 is 11.8 Å². The van der Waals surface area contributed by atoms with Crippen LogP contribution in [-0.4, -0.2) is 39.7 Å². The van der Waals surface area contributed by atoms with E-state index in [2.05, 4.69) is 27.4 Å². The molecule has 1 aliphatic heterocycles. The fourth-order valence-corrected chi connectivity index (χ4v) is 4.38. The molecule has 0 radical (unpaired) electrons. The van der Waals surface area contributed by atoms with Crippen molar-refractivity contribution in [2.45, 2.75) is 38.4 Å². The molecule has 3 aromatic rings. The van der Waals surface area contributed by atoms with Gasteiger partial charge in [-0.25, -0.2) is 8.78 Å². The topological polar surface area (TPSA) is 85.4 Å². The van der Waals surface area contributed by atoms with Crippen molar-refractivity contribution < 1.29 is 18.3 Å². The number of aryl methyl sites for hydroxylation is 1. The van der Waals surface area contributed by atoms with Gasteiger partial charge in [0.25, 0.3) is 11.8 Å². The number of carbonyl (C=O) groups excluding carboxylic acids is 1. The lowest BCUT2D eigenvalue weighted by Crippen LogP contribution is -2.30. The number of hydrogen-bond acceptors (Lipinski definition) is 5. The Labute approximate surface area is 202 Å². The quantitative estimate of drug-likeness (QED) is 0.514. The lowest BCUT2D eigenvalue weighted by molar-refractivity contribution is 0.0855. The largest absolute Gasteiger partial charge is 0.493 e. The van der Waals surface area contributed by atoms with E-state index in [-0.39, 0.29) is 18.9 Å². The minimum absolute atomic E-state index is 0.0664. The smallest absolute Gasteiger partial charge is 0.256 e. The number of nitrogen functional groups attached to an aromatic ring is 1. The molecule has 1 atom stereocenters. The van der Waals surface area contributed by atoms with Gasteiger partial charge < -0.3 is 15.8 Å². The van der Waals surface area contributed by atoms with Crippen LogP contribution >= 0.6 is 0 Å². The van der Waals surface area contributed by atoms with Gasteiger partial charge in [-0.3, -0.25) is 14.4 Å². The highest BCUT2D eigenvalue weighted by molar-refractivity contribution is 5.98. The Morgan fingerprint density at radius 1 is 1.20 bits per heavy atom. The van der Waals surface area contributed by atoms with E-state index in [1.165, 1.54) is 27.6 Å².